The quantitative estimate of drug-likeness (QED) is 0.708. The summed E-state index contributed by atoms with van der Waals surface area (Å²) < 4.78 is 15.5. The molecule has 0 bridgehead atoms. The molecule has 0 heterocycles. The predicted molar refractivity (Wildman–Crippen MR) is 97.6 cm³/mol. The average Bonchev–Trinajstić information content (AvgIpc) is 2.66. The Hall–Kier alpha value is -3.22. The molecule has 0 aliphatic heterocycles. The van der Waals surface area contributed by atoms with Gasteiger partial charge in [0, 0.05) is 18.3 Å². The van der Waals surface area contributed by atoms with E-state index in [1.165, 1.54) is 0 Å². The fourth-order valence-corrected chi connectivity index (χ4v) is 2.31. The summed E-state index contributed by atoms with van der Waals surface area (Å²) in [6, 6.07) is 12.3. The van der Waals surface area contributed by atoms with Crippen LogP contribution in [0.3, 0.4) is 0 Å². The van der Waals surface area contributed by atoms with E-state index in [1.54, 1.807) is 57.7 Å². The topological polar surface area (TPSA) is 85.9 Å². The van der Waals surface area contributed by atoms with Gasteiger partial charge < -0.3 is 24.8 Å². The SMILES string of the molecule is COc1cccc(NC(=O)CC(=O)NCc2ccc(OC)c(OC)c2)c1. The third kappa shape index (κ3) is 5.41. The normalized spacial score (nSPS) is 9.96. The highest BCUT2D eigenvalue weighted by Gasteiger charge is 2.11. The summed E-state index contributed by atoms with van der Waals surface area (Å²) in [5.41, 5.74) is 1.41. The van der Waals surface area contributed by atoms with Gasteiger partial charge in [-0.3, -0.25) is 9.59 Å². The van der Waals surface area contributed by atoms with E-state index in [2.05, 4.69) is 10.6 Å². The van der Waals surface area contributed by atoms with Crippen molar-refractivity contribution in [3.8, 4) is 17.2 Å². The molecule has 2 N–H and O–H groups in total. The molecule has 0 atom stereocenters. The molecule has 0 radical (unpaired) electrons. The molecule has 7 heteroatoms. The first-order chi connectivity index (χ1) is 12.5. The molecule has 26 heavy (non-hydrogen) atoms. The van der Waals surface area contributed by atoms with E-state index in [4.69, 9.17) is 14.2 Å². The van der Waals surface area contributed by atoms with Crippen molar-refractivity contribution in [3.63, 3.8) is 0 Å². The van der Waals surface area contributed by atoms with Gasteiger partial charge in [-0.1, -0.05) is 12.1 Å². The Kier molecular flexibility index (Phi) is 6.84. The lowest BCUT2D eigenvalue weighted by Crippen LogP contribution is -2.27. The smallest absolute Gasteiger partial charge is 0.233 e. The van der Waals surface area contributed by atoms with Crippen LogP contribution >= 0.6 is 0 Å². The molecule has 0 aliphatic rings. The van der Waals surface area contributed by atoms with Crippen molar-refractivity contribution in [1.29, 1.82) is 0 Å². The van der Waals surface area contributed by atoms with E-state index in [0.29, 0.717) is 22.9 Å². The maximum absolute atomic E-state index is 12.0. The van der Waals surface area contributed by atoms with Crippen LogP contribution in [-0.2, 0) is 16.1 Å². The summed E-state index contributed by atoms with van der Waals surface area (Å²) in [7, 11) is 4.64. The lowest BCUT2D eigenvalue weighted by atomic mass is 10.2. The van der Waals surface area contributed by atoms with E-state index in [9.17, 15) is 9.59 Å². The first-order valence-corrected chi connectivity index (χ1v) is 7.97. The molecule has 0 fully saturated rings. The summed E-state index contributed by atoms with van der Waals surface area (Å²) in [6.45, 7) is 0.283. The number of hydrogen-bond acceptors (Lipinski definition) is 5. The number of carbonyl (C=O) groups excluding carboxylic acids is 2. The Balaban J connectivity index is 1.85. The zero-order valence-corrected chi connectivity index (χ0v) is 15.0. The summed E-state index contributed by atoms with van der Waals surface area (Å²) in [4.78, 5) is 23.9. The van der Waals surface area contributed by atoms with E-state index >= 15 is 0 Å². The van der Waals surface area contributed by atoms with Gasteiger partial charge in [-0.2, -0.15) is 0 Å². The summed E-state index contributed by atoms with van der Waals surface area (Å²) in [5, 5.41) is 5.37. The van der Waals surface area contributed by atoms with Crippen LogP contribution in [0.15, 0.2) is 42.5 Å². The van der Waals surface area contributed by atoms with Gasteiger partial charge in [0.2, 0.25) is 11.8 Å². The van der Waals surface area contributed by atoms with Crippen molar-refractivity contribution in [1.82, 2.24) is 5.32 Å². The van der Waals surface area contributed by atoms with E-state index in [1.807, 2.05) is 6.07 Å². The van der Waals surface area contributed by atoms with Gasteiger partial charge in [0.25, 0.3) is 0 Å². The molecule has 7 nitrogen and oxygen atoms in total. The molecule has 2 rings (SSSR count). The minimum atomic E-state index is -0.400. The third-order valence-electron chi connectivity index (χ3n) is 3.61. The molecule has 2 amide bonds. The molecule has 2 aromatic carbocycles. The number of nitrogens with one attached hydrogen (secondary N) is 2. The van der Waals surface area contributed by atoms with Crippen molar-refractivity contribution in [2.75, 3.05) is 26.6 Å². The van der Waals surface area contributed by atoms with Crippen LogP contribution in [0.5, 0.6) is 17.2 Å². The van der Waals surface area contributed by atoms with Crippen molar-refractivity contribution < 1.29 is 23.8 Å². The number of amides is 2. The lowest BCUT2D eigenvalue weighted by molar-refractivity contribution is -0.126. The lowest BCUT2D eigenvalue weighted by Gasteiger charge is -2.10. The molecule has 0 spiro atoms. The fourth-order valence-electron chi connectivity index (χ4n) is 2.31. The molecule has 0 unspecified atom stereocenters. The molecule has 0 aliphatic carbocycles. The Labute approximate surface area is 152 Å². The number of carbonyl (C=O) groups is 2. The largest absolute Gasteiger partial charge is 0.497 e. The van der Waals surface area contributed by atoms with E-state index in [0.717, 1.165) is 5.56 Å². The molecule has 0 aromatic heterocycles. The average molecular weight is 358 g/mol. The van der Waals surface area contributed by atoms with Crippen LogP contribution in [0.1, 0.15) is 12.0 Å². The highest BCUT2D eigenvalue weighted by Crippen LogP contribution is 2.27. The van der Waals surface area contributed by atoms with Crippen molar-refractivity contribution in [3.05, 3.63) is 48.0 Å². The van der Waals surface area contributed by atoms with Crippen molar-refractivity contribution in [2.24, 2.45) is 0 Å². The van der Waals surface area contributed by atoms with Gasteiger partial charge in [-0.15, -0.1) is 0 Å². The van der Waals surface area contributed by atoms with Crippen molar-refractivity contribution in [2.45, 2.75) is 13.0 Å². The van der Waals surface area contributed by atoms with Gasteiger partial charge in [0.05, 0.1) is 21.3 Å². The Morgan fingerprint density at radius 1 is 0.885 bits per heavy atom. The molecule has 0 saturated carbocycles. The zero-order chi connectivity index (χ0) is 18.9. The van der Waals surface area contributed by atoms with E-state index in [-0.39, 0.29) is 18.9 Å². The molecule has 138 valence electrons. The Bertz CT molecular complexity index is 776. The number of hydrogen-bond donors (Lipinski definition) is 2. The van der Waals surface area contributed by atoms with Gasteiger partial charge in [-0.05, 0) is 29.8 Å². The second-order valence-corrected chi connectivity index (χ2v) is 5.42. The monoisotopic (exact) mass is 358 g/mol. The third-order valence-corrected chi connectivity index (χ3v) is 3.61. The number of rotatable bonds is 8. The number of methoxy groups -OCH3 is 3. The zero-order valence-electron chi connectivity index (χ0n) is 15.0. The highest BCUT2D eigenvalue weighted by molar-refractivity contribution is 6.03. The summed E-state index contributed by atoms with van der Waals surface area (Å²) in [6.07, 6.45) is -0.273. The maximum Gasteiger partial charge on any atom is 0.233 e. The molecule has 2 aromatic rings. The van der Waals surface area contributed by atoms with Gasteiger partial charge in [0.1, 0.15) is 12.2 Å². The minimum absolute atomic E-state index is 0.273. The number of ether oxygens (including phenoxy) is 3. The number of benzene rings is 2. The highest BCUT2D eigenvalue weighted by atomic mass is 16.5. The van der Waals surface area contributed by atoms with Crippen LogP contribution in [-0.4, -0.2) is 33.1 Å². The Morgan fingerprint density at radius 2 is 1.65 bits per heavy atom. The number of anilines is 1. The Morgan fingerprint density at radius 3 is 2.35 bits per heavy atom. The van der Waals surface area contributed by atoms with E-state index < -0.39 is 5.91 Å². The van der Waals surface area contributed by atoms with Crippen LogP contribution in [0.25, 0.3) is 0 Å². The maximum atomic E-state index is 12.0. The van der Waals surface area contributed by atoms with Gasteiger partial charge >= 0.3 is 0 Å². The fraction of sp³-hybridized carbons (Fsp3) is 0.263. The van der Waals surface area contributed by atoms with Gasteiger partial charge in [0.15, 0.2) is 11.5 Å². The van der Waals surface area contributed by atoms with Crippen LogP contribution in [0, 0.1) is 0 Å². The summed E-state index contributed by atoms with van der Waals surface area (Å²) >= 11 is 0. The summed E-state index contributed by atoms with van der Waals surface area (Å²) in [5.74, 6) is 1.04. The molecular weight excluding hydrogens is 336 g/mol. The first kappa shape index (κ1) is 19.1. The van der Waals surface area contributed by atoms with Crippen LogP contribution < -0.4 is 24.8 Å². The van der Waals surface area contributed by atoms with Crippen LogP contribution in [0.2, 0.25) is 0 Å². The second-order valence-electron chi connectivity index (χ2n) is 5.42. The predicted octanol–water partition coefficient (Wildman–Crippen LogP) is 2.36. The molecular formula is C19H22N2O5. The minimum Gasteiger partial charge on any atom is -0.497 e. The van der Waals surface area contributed by atoms with Crippen LogP contribution in [0.4, 0.5) is 5.69 Å². The standard InChI is InChI=1S/C19H22N2O5/c1-24-15-6-4-5-14(10-15)21-19(23)11-18(22)20-12-13-7-8-16(25-2)17(9-13)26-3/h4-10H,11-12H2,1-3H3,(H,20,22)(H,21,23). The first-order valence-electron chi connectivity index (χ1n) is 7.97. The van der Waals surface area contributed by atoms with Crippen molar-refractivity contribution >= 4 is 17.5 Å². The second kappa shape index (κ2) is 9.31. The van der Waals surface area contributed by atoms with Gasteiger partial charge in [-0.25, -0.2) is 0 Å². The molecule has 0 saturated heterocycles.